The number of nitrogens with one attached hydrogen (secondary N) is 3. The van der Waals surface area contributed by atoms with Gasteiger partial charge in [-0.15, -0.1) is 0 Å². The third-order valence-corrected chi connectivity index (χ3v) is 6.65. The summed E-state index contributed by atoms with van der Waals surface area (Å²) in [6, 6.07) is 7.14. The first-order chi connectivity index (χ1) is 18.9. The fourth-order valence-corrected chi connectivity index (χ4v) is 4.75. The number of benzene rings is 2. The Labute approximate surface area is 244 Å². The van der Waals surface area contributed by atoms with Crippen molar-refractivity contribution in [2.45, 2.75) is 45.6 Å². The summed E-state index contributed by atoms with van der Waals surface area (Å²) in [4.78, 5) is 24.7. The van der Waals surface area contributed by atoms with Gasteiger partial charge in [-0.25, -0.2) is 13.8 Å². The molecule has 1 aromatic heterocycles. The lowest BCUT2D eigenvalue weighted by molar-refractivity contribution is -0.120. The smallest absolute Gasteiger partial charge is 0.237 e. The molecular weight excluding hydrogens is 559 g/mol. The lowest BCUT2D eigenvalue weighted by Crippen LogP contribution is -2.41. The van der Waals surface area contributed by atoms with E-state index >= 15 is 0 Å². The van der Waals surface area contributed by atoms with Crippen LogP contribution in [-0.4, -0.2) is 48.9 Å². The van der Waals surface area contributed by atoms with Gasteiger partial charge in [-0.05, 0) is 47.9 Å². The molecule has 3 N–H and O–H groups in total. The number of likely N-dealkylation sites (N-methyl/N-ethyl adjacent to an activating group) is 1. The molecular formula is C29H37Cl2F2N5O2. The molecule has 0 bridgehead atoms. The molecule has 1 saturated heterocycles. The van der Waals surface area contributed by atoms with Crippen LogP contribution < -0.4 is 16.0 Å². The van der Waals surface area contributed by atoms with Crippen LogP contribution in [0, 0.1) is 17.0 Å². The van der Waals surface area contributed by atoms with Crippen molar-refractivity contribution in [3.05, 3.63) is 81.9 Å². The van der Waals surface area contributed by atoms with Gasteiger partial charge < -0.3 is 25.3 Å². The number of hydrogen-bond donors (Lipinski definition) is 3. The van der Waals surface area contributed by atoms with Crippen LogP contribution in [0.25, 0.3) is 0 Å². The van der Waals surface area contributed by atoms with Gasteiger partial charge in [0.2, 0.25) is 5.91 Å². The molecule has 40 heavy (non-hydrogen) atoms. The van der Waals surface area contributed by atoms with Gasteiger partial charge in [0, 0.05) is 50.2 Å². The molecule has 1 spiro atoms. The minimum absolute atomic E-state index is 0.00420. The number of fused-ring (bicyclic) bond motifs is 2. The van der Waals surface area contributed by atoms with Crippen LogP contribution in [-0.2, 0) is 21.5 Å². The highest BCUT2D eigenvalue weighted by Gasteiger charge is 2.55. The van der Waals surface area contributed by atoms with E-state index < -0.39 is 17.0 Å². The predicted octanol–water partition coefficient (Wildman–Crippen LogP) is 5.82. The van der Waals surface area contributed by atoms with Gasteiger partial charge in [0.15, 0.2) is 0 Å². The van der Waals surface area contributed by atoms with Gasteiger partial charge in [-0.2, -0.15) is 0 Å². The van der Waals surface area contributed by atoms with Crippen molar-refractivity contribution >= 4 is 41.6 Å². The van der Waals surface area contributed by atoms with E-state index in [1.807, 2.05) is 30.9 Å². The largest absolute Gasteiger partial charge is 0.336 e. The fourth-order valence-electron chi connectivity index (χ4n) is 4.40. The van der Waals surface area contributed by atoms with E-state index in [9.17, 15) is 13.6 Å². The Kier molecular flexibility index (Phi) is 12.2. The number of nitrogens with zero attached hydrogens (tertiary/aromatic N) is 2. The van der Waals surface area contributed by atoms with Crippen LogP contribution >= 0.6 is 23.2 Å². The normalized spacial score (nSPS) is 18.9. The number of amides is 1. The molecule has 11 heteroatoms. The molecule has 3 heterocycles. The van der Waals surface area contributed by atoms with Crippen LogP contribution in [0.15, 0.2) is 49.1 Å². The third-order valence-electron chi connectivity index (χ3n) is 6.07. The third kappa shape index (κ3) is 8.33. The van der Waals surface area contributed by atoms with Crippen LogP contribution in [0.3, 0.4) is 0 Å². The van der Waals surface area contributed by atoms with Crippen molar-refractivity contribution in [2.24, 2.45) is 5.41 Å². The molecule has 2 aromatic carbocycles. The van der Waals surface area contributed by atoms with Gasteiger partial charge in [0.05, 0.1) is 21.8 Å². The number of hydrogen-bond acceptors (Lipinski definition) is 5. The van der Waals surface area contributed by atoms with E-state index in [0.29, 0.717) is 29.8 Å². The zero-order valence-electron chi connectivity index (χ0n) is 23.5. The van der Waals surface area contributed by atoms with Gasteiger partial charge in [-0.3, -0.25) is 4.79 Å². The zero-order valence-corrected chi connectivity index (χ0v) is 25.0. The van der Waals surface area contributed by atoms with Gasteiger partial charge >= 0.3 is 0 Å². The molecule has 1 unspecified atom stereocenters. The maximum absolute atomic E-state index is 14.0. The van der Waals surface area contributed by atoms with Crippen LogP contribution in [0.5, 0.6) is 0 Å². The van der Waals surface area contributed by atoms with Gasteiger partial charge in [-0.1, -0.05) is 57.0 Å². The number of imidazole rings is 1. The van der Waals surface area contributed by atoms with Crippen molar-refractivity contribution in [2.75, 3.05) is 32.0 Å². The number of rotatable bonds is 4. The number of carbonyl (C=O) groups is 2. The van der Waals surface area contributed by atoms with E-state index in [-0.39, 0.29) is 21.9 Å². The topological polar surface area (TPSA) is 88.0 Å². The maximum Gasteiger partial charge on any atom is 0.237 e. The van der Waals surface area contributed by atoms with Crippen molar-refractivity contribution in [1.82, 2.24) is 20.2 Å². The first kappa shape index (κ1) is 33.4. The highest BCUT2D eigenvalue weighted by atomic mass is 35.5. The second kappa shape index (κ2) is 14.7. The molecule has 2 atom stereocenters. The Hall–Kier alpha value is -2.85. The molecule has 7 nitrogen and oxygen atoms in total. The summed E-state index contributed by atoms with van der Waals surface area (Å²) in [5.41, 5.74) is 1.32. The molecule has 3 aromatic rings. The highest BCUT2D eigenvalue weighted by molar-refractivity contribution is 6.31. The number of aromatic nitrogens is 2. The molecule has 0 aliphatic carbocycles. The summed E-state index contributed by atoms with van der Waals surface area (Å²) in [7, 11) is 1.94. The Morgan fingerprint density at radius 3 is 2.35 bits per heavy atom. The fraction of sp³-hybridized carbons (Fsp3) is 0.414. The van der Waals surface area contributed by atoms with Crippen molar-refractivity contribution in [1.29, 1.82) is 0 Å². The lowest BCUT2D eigenvalue weighted by atomic mass is 9.70. The van der Waals surface area contributed by atoms with E-state index in [2.05, 4.69) is 48.6 Å². The summed E-state index contributed by atoms with van der Waals surface area (Å²) >= 11 is 11.7. The summed E-state index contributed by atoms with van der Waals surface area (Å²) in [6.07, 6.45) is 5.56. The molecule has 1 fully saturated rings. The molecule has 5 rings (SSSR count). The van der Waals surface area contributed by atoms with E-state index in [0.717, 1.165) is 18.7 Å². The van der Waals surface area contributed by atoms with E-state index in [1.54, 1.807) is 12.3 Å². The zero-order chi connectivity index (χ0) is 30.1. The lowest BCUT2D eigenvalue weighted by Gasteiger charge is -2.29. The maximum atomic E-state index is 14.0. The number of halogens is 4. The van der Waals surface area contributed by atoms with Crippen LogP contribution in [0.2, 0.25) is 10.0 Å². The van der Waals surface area contributed by atoms with Crippen molar-refractivity contribution in [3.63, 3.8) is 0 Å². The van der Waals surface area contributed by atoms with E-state index in [4.69, 9.17) is 28.0 Å². The Morgan fingerprint density at radius 2 is 1.77 bits per heavy atom. The number of anilines is 1. The molecule has 2 aliphatic rings. The summed E-state index contributed by atoms with van der Waals surface area (Å²) < 4.78 is 29.5. The Morgan fingerprint density at radius 1 is 1.12 bits per heavy atom. The monoisotopic (exact) mass is 595 g/mol. The van der Waals surface area contributed by atoms with Gasteiger partial charge in [0.1, 0.15) is 18.4 Å². The SMILES string of the molecule is C=O.CC(C)(C)C.CNCCn1ccnc1.O=C1Nc2cc(Cl)c(F)cc2C12CNC[C@@H]2c1ccc(F)c(Cl)c1. The average Bonchev–Trinajstić information content (AvgIpc) is 3.63. The number of carbonyl (C=O) groups excluding carboxylic acids is 2. The summed E-state index contributed by atoms with van der Waals surface area (Å²) in [6.45, 7) is 13.6. The standard InChI is InChI=1S/C17H12Cl2F2N2O.C6H11N3.C5H12.CH2O/c18-11-3-8(1-2-13(11)20)10-6-22-7-17(10)9-4-14(21)12(19)5-15(9)23-16(17)24;1-7-2-4-9-5-3-8-6-9;1-5(2,3)4;1-2/h1-5,10,22H,6-7H2,(H,23,24);3,5-7H,2,4H2,1H3;1-4H3;1H2/t10-,17?;;;/m1.../s1. The average molecular weight is 597 g/mol. The Bertz CT molecular complexity index is 1260. The second-order valence-corrected chi connectivity index (χ2v) is 11.8. The quantitative estimate of drug-likeness (QED) is 0.354. The highest BCUT2D eigenvalue weighted by Crippen LogP contribution is 2.50. The molecule has 1 amide bonds. The van der Waals surface area contributed by atoms with Crippen molar-refractivity contribution in [3.8, 4) is 0 Å². The molecule has 0 saturated carbocycles. The minimum atomic E-state index is -0.970. The summed E-state index contributed by atoms with van der Waals surface area (Å²) in [5.74, 6) is -1.62. The first-order valence-electron chi connectivity index (χ1n) is 12.7. The second-order valence-electron chi connectivity index (χ2n) is 11.0. The predicted molar refractivity (Wildman–Crippen MR) is 157 cm³/mol. The van der Waals surface area contributed by atoms with Gasteiger partial charge in [0.25, 0.3) is 0 Å². The van der Waals surface area contributed by atoms with Crippen LogP contribution in [0.4, 0.5) is 14.5 Å². The molecule has 0 radical (unpaired) electrons. The first-order valence-corrected chi connectivity index (χ1v) is 13.5. The van der Waals surface area contributed by atoms with Crippen LogP contribution in [0.1, 0.15) is 44.7 Å². The summed E-state index contributed by atoms with van der Waals surface area (Å²) in [5, 5.41) is 8.99. The van der Waals surface area contributed by atoms with Crippen molar-refractivity contribution < 1.29 is 18.4 Å². The Balaban J connectivity index is 0.000000290. The minimum Gasteiger partial charge on any atom is -0.336 e. The molecule has 2 aliphatic heterocycles. The van der Waals surface area contributed by atoms with E-state index in [1.165, 1.54) is 24.3 Å². The molecule has 218 valence electrons.